The van der Waals surface area contributed by atoms with Crippen molar-refractivity contribution >= 4 is 17.9 Å². The van der Waals surface area contributed by atoms with Gasteiger partial charge in [0.25, 0.3) is 0 Å². The second kappa shape index (κ2) is 6.10. The SMILES string of the molecule is CSCCNOC(=O)OC(C)(C)C. The van der Waals surface area contributed by atoms with Gasteiger partial charge in [-0.25, -0.2) is 4.79 Å². The molecule has 0 unspecified atom stereocenters. The molecule has 0 radical (unpaired) electrons. The lowest BCUT2D eigenvalue weighted by Crippen LogP contribution is -2.29. The molecule has 0 heterocycles. The molecule has 0 saturated heterocycles. The maximum atomic E-state index is 10.9. The van der Waals surface area contributed by atoms with Gasteiger partial charge >= 0.3 is 6.16 Å². The summed E-state index contributed by atoms with van der Waals surface area (Å²) >= 11 is 1.67. The molecule has 1 N–H and O–H groups in total. The monoisotopic (exact) mass is 207 g/mol. The van der Waals surface area contributed by atoms with E-state index in [4.69, 9.17) is 4.74 Å². The summed E-state index contributed by atoms with van der Waals surface area (Å²) in [5, 5.41) is 0. The largest absolute Gasteiger partial charge is 0.528 e. The van der Waals surface area contributed by atoms with E-state index in [1.807, 2.05) is 6.26 Å². The second-order valence-electron chi connectivity index (χ2n) is 3.45. The third kappa shape index (κ3) is 9.49. The summed E-state index contributed by atoms with van der Waals surface area (Å²) in [5.41, 5.74) is 2.01. The van der Waals surface area contributed by atoms with Gasteiger partial charge in [-0.2, -0.15) is 11.8 Å². The van der Waals surface area contributed by atoms with E-state index in [0.717, 1.165) is 5.75 Å². The minimum Gasteiger partial charge on any atom is -0.427 e. The van der Waals surface area contributed by atoms with Gasteiger partial charge in [-0.05, 0) is 27.0 Å². The molecule has 78 valence electrons. The summed E-state index contributed by atoms with van der Waals surface area (Å²) in [6, 6.07) is 0. The van der Waals surface area contributed by atoms with Crippen LogP contribution in [-0.2, 0) is 9.57 Å². The quantitative estimate of drug-likeness (QED) is 0.433. The van der Waals surface area contributed by atoms with E-state index in [1.54, 1.807) is 32.5 Å². The summed E-state index contributed by atoms with van der Waals surface area (Å²) in [7, 11) is 0. The van der Waals surface area contributed by atoms with Crippen LogP contribution in [0, 0.1) is 0 Å². The number of rotatable bonds is 4. The molecule has 0 aromatic carbocycles. The standard InChI is InChI=1S/C8H17NO3S/c1-8(2,3)11-7(10)12-9-5-6-13-4/h9H,5-6H2,1-4H3. The van der Waals surface area contributed by atoms with E-state index in [-0.39, 0.29) is 0 Å². The van der Waals surface area contributed by atoms with Gasteiger partial charge in [-0.1, -0.05) is 0 Å². The number of thioether (sulfide) groups is 1. The molecule has 0 spiro atoms. The van der Waals surface area contributed by atoms with Gasteiger partial charge in [0.2, 0.25) is 0 Å². The van der Waals surface area contributed by atoms with E-state index >= 15 is 0 Å². The van der Waals surface area contributed by atoms with Crippen LogP contribution in [0.15, 0.2) is 0 Å². The molecule has 0 atom stereocenters. The topological polar surface area (TPSA) is 47.6 Å². The molecule has 0 bridgehead atoms. The molecule has 0 fully saturated rings. The zero-order chi connectivity index (χ0) is 10.3. The number of ether oxygens (including phenoxy) is 1. The second-order valence-corrected chi connectivity index (χ2v) is 4.44. The highest BCUT2D eigenvalue weighted by molar-refractivity contribution is 7.98. The lowest BCUT2D eigenvalue weighted by molar-refractivity contribution is -0.0307. The minimum absolute atomic E-state index is 0.502. The number of hydroxylamine groups is 1. The molecule has 0 rings (SSSR count). The zero-order valence-corrected chi connectivity index (χ0v) is 9.36. The van der Waals surface area contributed by atoms with Crippen LogP contribution in [0.25, 0.3) is 0 Å². The van der Waals surface area contributed by atoms with Crippen molar-refractivity contribution in [1.82, 2.24) is 5.48 Å². The first-order valence-corrected chi connectivity index (χ1v) is 5.46. The average molecular weight is 207 g/mol. The van der Waals surface area contributed by atoms with Crippen molar-refractivity contribution in [2.75, 3.05) is 18.6 Å². The third-order valence-electron chi connectivity index (χ3n) is 0.953. The van der Waals surface area contributed by atoms with Crippen molar-refractivity contribution in [3.05, 3.63) is 0 Å². The summed E-state index contributed by atoms with van der Waals surface area (Å²) in [6.45, 7) is 5.99. The van der Waals surface area contributed by atoms with E-state index in [9.17, 15) is 4.79 Å². The molecule has 0 aliphatic heterocycles. The van der Waals surface area contributed by atoms with Gasteiger partial charge < -0.3 is 9.57 Å². The Kier molecular flexibility index (Phi) is 5.90. The van der Waals surface area contributed by atoms with Gasteiger partial charge in [0.1, 0.15) is 5.60 Å². The molecule has 0 amide bonds. The normalized spacial score (nSPS) is 11.1. The van der Waals surface area contributed by atoms with Gasteiger partial charge in [0, 0.05) is 12.3 Å². The summed E-state index contributed by atoms with van der Waals surface area (Å²) in [6.07, 6.45) is 1.29. The van der Waals surface area contributed by atoms with E-state index < -0.39 is 11.8 Å². The first-order valence-electron chi connectivity index (χ1n) is 4.07. The Balaban J connectivity index is 3.41. The van der Waals surface area contributed by atoms with Crippen molar-refractivity contribution in [3.8, 4) is 0 Å². The molecule has 4 nitrogen and oxygen atoms in total. The van der Waals surface area contributed by atoms with Gasteiger partial charge in [-0.15, -0.1) is 5.48 Å². The van der Waals surface area contributed by atoms with Gasteiger partial charge in [0.05, 0.1) is 0 Å². The molecular weight excluding hydrogens is 190 g/mol. The van der Waals surface area contributed by atoms with Crippen LogP contribution >= 0.6 is 11.8 Å². The van der Waals surface area contributed by atoms with Crippen molar-refractivity contribution in [2.24, 2.45) is 0 Å². The van der Waals surface area contributed by atoms with Crippen LogP contribution in [-0.4, -0.2) is 30.3 Å². The van der Waals surface area contributed by atoms with Crippen molar-refractivity contribution in [3.63, 3.8) is 0 Å². The minimum atomic E-state index is -0.686. The highest BCUT2D eigenvalue weighted by Crippen LogP contribution is 2.07. The predicted octanol–water partition coefficient (Wildman–Crippen LogP) is 1.81. The smallest absolute Gasteiger partial charge is 0.427 e. The number of carbonyl (C=O) groups is 1. The molecular formula is C8H17NO3S. The molecule has 0 aromatic rings. The van der Waals surface area contributed by atoms with E-state index in [2.05, 4.69) is 10.3 Å². The molecule has 0 aromatic heterocycles. The Labute approximate surface area is 83.3 Å². The number of hydrogen-bond acceptors (Lipinski definition) is 5. The number of hydrogen-bond donors (Lipinski definition) is 1. The van der Waals surface area contributed by atoms with E-state index in [1.165, 1.54) is 0 Å². The Morgan fingerprint density at radius 1 is 1.46 bits per heavy atom. The number of nitrogens with one attached hydrogen (secondary N) is 1. The van der Waals surface area contributed by atoms with Crippen molar-refractivity contribution in [2.45, 2.75) is 26.4 Å². The highest BCUT2D eigenvalue weighted by atomic mass is 32.2. The zero-order valence-electron chi connectivity index (χ0n) is 8.55. The lowest BCUT2D eigenvalue weighted by atomic mass is 10.2. The maximum absolute atomic E-state index is 10.9. The Morgan fingerprint density at radius 3 is 2.54 bits per heavy atom. The molecule has 0 aliphatic carbocycles. The summed E-state index contributed by atoms with van der Waals surface area (Å²) in [4.78, 5) is 15.5. The van der Waals surface area contributed by atoms with Gasteiger partial charge in [-0.3, -0.25) is 0 Å². The first kappa shape index (κ1) is 12.6. The fourth-order valence-corrected chi connectivity index (χ4v) is 0.812. The van der Waals surface area contributed by atoms with Gasteiger partial charge in [0.15, 0.2) is 0 Å². The Morgan fingerprint density at radius 2 is 2.08 bits per heavy atom. The molecule has 5 heteroatoms. The van der Waals surface area contributed by atoms with Crippen LogP contribution in [0.2, 0.25) is 0 Å². The van der Waals surface area contributed by atoms with Crippen LogP contribution in [0.5, 0.6) is 0 Å². The predicted molar refractivity (Wildman–Crippen MR) is 53.7 cm³/mol. The van der Waals surface area contributed by atoms with Crippen LogP contribution < -0.4 is 5.48 Å². The average Bonchev–Trinajstić information content (AvgIpc) is 1.94. The summed E-state index contributed by atoms with van der Waals surface area (Å²) in [5.74, 6) is 0.892. The Hall–Kier alpha value is -0.420. The molecule has 13 heavy (non-hydrogen) atoms. The fraction of sp³-hybridized carbons (Fsp3) is 0.875. The molecule has 0 aliphatic rings. The Bertz CT molecular complexity index is 156. The molecule has 0 saturated carbocycles. The first-order chi connectivity index (χ1) is 5.95. The van der Waals surface area contributed by atoms with E-state index in [0.29, 0.717) is 6.54 Å². The van der Waals surface area contributed by atoms with Crippen LogP contribution in [0.4, 0.5) is 4.79 Å². The lowest BCUT2D eigenvalue weighted by Gasteiger charge is -2.18. The van der Waals surface area contributed by atoms with Crippen molar-refractivity contribution < 1.29 is 14.4 Å². The summed E-state index contributed by atoms with van der Waals surface area (Å²) < 4.78 is 4.89. The third-order valence-corrected chi connectivity index (χ3v) is 1.57. The maximum Gasteiger partial charge on any atom is 0.528 e. The fourth-order valence-electron chi connectivity index (χ4n) is 0.525. The van der Waals surface area contributed by atoms with Crippen molar-refractivity contribution in [1.29, 1.82) is 0 Å². The highest BCUT2D eigenvalue weighted by Gasteiger charge is 2.17. The number of carbonyl (C=O) groups excluding carboxylic acids is 1. The van der Waals surface area contributed by atoms with Crippen LogP contribution in [0.1, 0.15) is 20.8 Å². The van der Waals surface area contributed by atoms with Crippen LogP contribution in [0.3, 0.4) is 0 Å².